The maximum atomic E-state index is 9.64. The van der Waals surface area contributed by atoms with Gasteiger partial charge in [0.2, 0.25) is 0 Å². The molecule has 0 spiro atoms. The van der Waals surface area contributed by atoms with Crippen LogP contribution in [-0.4, -0.2) is 19.2 Å². The number of carbonyl (C=O) groups is 1. The van der Waals surface area contributed by atoms with E-state index in [9.17, 15) is 4.79 Å². The first kappa shape index (κ1) is 5.94. The fourth-order valence-electron chi connectivity index (χ4n) is 0.101. The van der Waals surface area contributed by atoms with Gasteiger partial charge in [-0.25, -0.2) is 0 Å². The van der Waals surface area contributed by atoms with Crippen LogP contribution in [0.3, 0.4) is 0 Å². The van der Waals surface area contributed by atoms with Crippen molar-refractivity contribution in [2.24, 2.45) is 5.16 Å². The van der Waals surface area contributed by atoms with Gasteiger partial charge in [0.1, 0.15) is 13.3 Å². The van der Waals surface area contributed by atoms with Crippen molar-refractivity contribution in [2.45, 2.75) is 0 Å². The highest BCUT2D eigenvalue weighted by Crippen LogP contribution is 1.60. The summed E-state index contributed by atoms with van der Waals surface area (Å²) >= 11 is 0. The predicted molar refractivity (Wildman–Crippen MR) is 23.6 cm³/mol. The summed E-state index contributed by atoms with van der Waals surface area (Å²) in [5, 5.41) is 3.01. The van der Waals surface area contributed by atoms with Crippen LogP contribution in [0.5, 0.6) is 0 Å². The Balaban J connectivity index is 3.26. The van der Waals surface area contributed by atoms with Crippen LogP contribution in [-0.2, 0) is 9.63 Å². The highest BCUT2D eigenvalue weighted by molar-refractivity contribution is 6.24. The molecular weight excluding hydrogens is 96.0 g/mol. The molecule has 0 saturated heterocycles. The van der Waals surface area contributed by atoms with E-state index in [1.807, 2.05) is 0 Å². The molecule has 4 nitrogen and oxygen atoms in total. The molecule has 0 atom stereocenters. The second kappa shape index (κ2) is 3.14. The zero-order valence-corrected chi connectivity index (χ0v) is 3.84. The lowest BCUT2D eigenvalue weighted by molar-refractivity contribution is -0.112. The molecule has 0 saturated carbocycles. The molecule has 1 radical (unpaired) electrons. The van der Waals surface area contributed by atoms with Crippen LogP contribution >= 0.6 is 0 Å². The monoisotopic (exact) mass is 101 g/mol. The summed E-state index contributed by atoms with van der Waals surface area (Å²) in [5.74, 6) is -0.859. The summed E-state index contributed by atoms with van der Waals surface area (Å²) in [6.45, 7) is 0. The van der Waals surface area contributed by atoms with E-state index in [0.29, 0.717) is 0 Å². The van der Waals surface area contributed by atoms with Gasteiger partial charge in [0.05, 0.1) is 0 Å². The van der Waals surface area contributed by atoms with Crippen molar-refractivity contribution in [3.8, 4) is 0 Å². The molecule has 39 valence electrons. The van der Waals surface area contributed by atoms with Crippen LogP contribution in [0.2, 0.25) is 0 Å². The van der Waals surface area contributed by atoms with Gasteiger partial charge in [0.25, 0.3) is 5.91 Å². The van der Waals surface area contributed by atoms with E-state index in [2.05, 4.69) is 9.99 Å². The van der Waals surface area contributed by atoms with Gasteiger partial charge in [-0.05, 0) is 0 Å². The van der Waals surface area contributed by atoms with Crippen LogP contribution in [0.4, 0.5) is 0 Å². The molecule has 4 heteroatoms. The fourth-order valence-corrected chi connectivity index (χ4v) is 0.101. The lowest BCUT2D eigenvalue weighted by atomic mass is 10.7. The van der Waals surface area contributed by atoms with Crippen molar-refractivity contribution in [3.05, 3.63) is 0 Å². The van der Waals surface area contributed by atoms with E-state index in [1.54, 1.807) is 0 Å². The van der Waals surface area contributed by atoms with Gasteiger partial charge in [0, 0.05) is 0 Å². The van der Waals surface area contributed by atoms with Gasteiger partial charge in [-0.15, -0.1) is 0 Å². The minimum atomic E-state index is -0.859. The minimum absolute atomic E-state index is 0.778. The molecule has 0 bridgehead atoms. The number of nitrogens with one attached hydrogen (secondary N) is 1. The summed E-state index contributed by atoms with van der Waals surface area (Å²) < 4.78 is 0. The Bertz CT molecular complexity index is 88.9. The van der Waals surface area contributed by atoms with Gasteiger partial charge in [-0.2, -0.15) is 0 Å². The zero-order chi connectivity index (χ0) is 5.70. The molecule has 0 fully saturated rings. The Morgan fingerprint density at radius 1 is 2.00 bits per heavy atom. The average Bonchev–Trinajstić information content (AvgIpc) is 1.61. The molecule has 1 N–H and O–H groups in total. The quantitative estimate of drug-likeness (QED) is 0.345. The topological polar surface area (TPSA) is 62.5 Å². The number of carbonyl (C=O) groups excluding carboxylic acids is 1. The predicted octanol–water partition coefficient (Wildman–Crippen LogP) is -0.572. The van der Waals surface area contributed by atoms with Crippen LogP contribution < -0.4 is 5.73 Å². The minimum Gasteiger partial charge on any atom is -0.399 e. The SMILES string of the molecule is CO/N=C\C([NH])=O. The summed E-state index contributed by atoms with van der Waals surface area (Å²) in [7, 11) is 1.30. The summed E-state index contributed by atoms with van der Waals surface area (Å²) in [6.07, 6.45) is 0.778. The molecule has 7 heavy (non-hydrogen) atoms. The van der Waals surface area contributed by atoms with E-state index in [-0.39, 0.29) is 0 Å². The molecule has 0 aliphatic rings. The Labute approximate surface area is 40.9 Å². The number of hydrogen-bond acceptors (Lipinski definition) is 3. The smallest absolute Gasteiger partial charge is 0.284 e. The Hall–Kier alpha value is -1.06. The maximum absolute atomic E-state index is 9.64. The lowest BCUT2D eigenvalue weighted by Crippen LogP contribution is -1.97. The number of nitrogens with zero attached hydrogens (tertiary/aromatic N) is 1. The largest absolute Gasteiger partial charge is 0.399 e. The second-order valence-electron chi connectivity index (χ2n) is 0.781. The molecule has 0 aliphatic heterocycles. The molecule has 0 aromatic carbocycles. The highest BCUT2D eigenvalue weighted by atomic mass is 16.6. The summed E-state index contributed by atoms with van der Waals surface area (Å²) in [6, 6.07) is 0. The molecule has 0 aromatic rings. The third-order valence-corrected chi connectivity index (χ3v) is 0.275. The van der Waals surface area contributed by atoms with Crippen molar-refractivity contribution in [2.75, 3.05) is 7.11 Å². The van der Waals surface area contributed by atoms with Crippen molar-refractivity contribution in [1.29, 1.82) is 0 Å². The van der Waals surface area contributed by atoms with Gasteiger partial charge < -0.3 is 4.84 Å². The van der Waals surface area contributed by atoms with E-state index >= 15 is 0 Å². The Morgan fingerprint density at radius 3 is 2.71 bits per heavy atom. The normalized spacial score (nSPS) is 9.29. The first-order valence-electron chi connectivity index (χ1n) is 1.59. The number of oxime groups is 1. The van der Waals surface area contributed by atoms with E-state index in [0.717, 1.165) is 6.21 Å². The number of rotatable bonds is 2. The maximum Gasteiger partial charge on any atom is 0.284 e. The van der Waals surface area contributed by atoms with Crippen molar-refractivity contribution < 1.29 is 9.63 Å². The third-order valence-electron chi connectivity index (χ3n) is 0.275. The standard InChI is InChI=1S/C3H5N2O2/c1-7-5-2-3(4)6/h2,4H,1H3/b5-2-. The summed E-state index contributed by atoms with van der Waals surface area (Å²) in [4.78, 5) is 13.7. The molecular formula is C3H5N2O2. The van der Waals surface area contributed by atoms with E-state index in [1.165, 1.54) is 7.11 Å². The van der Waals surface area contributed by atoms with E-state index < -0.39 is 5.91 Å². The molecule has 0 aliphatic carbocycles. The molecule has 0 rings (SSSR count). The Kier molecular flexibility index (Phi) is 2.67. The third kappa shape index (κ3) is 4.94. The first-order valence-corrected chi connectivity index (χ1v) is 1.59. The van der Waals surface area contributed by atoms with Crippen LogP contribution in [0.15, 0.2) is 5.16 Å². The van der Waals surface area contributed by atoms with Gasteiger partial charge in [-0.1, -0.05) is 5.16 Å². The van der Waals surface area contributed by atoms with Crippen molar-refractivity contribution in [3.63, 3.8) is 0 Å². The number of hydrogen-bond donors (Lipinski definition) is 0. The molecule has 1 amide bonds. The molecule has 0 unspecified atom stereocenters. The van der Waals surface area contributed by atoms with Crippen molar-refractivity contribution >= 4 is 12.1 Å². The summed E-state index contributed by atoms with van der Waals surface area (Å²) in [5.41, 5.74) is 6.21. The molecule has 0 heterocycles. The Morgan fingerprint density at radius 2 is 2.57 bits per heavy atom. The number of amides is 1. The highest BCUT2D eigenvalue weighted by Gasteiger charge is 1.80. The van der Waals surface area contributed by atoms with Crippen LogP contribution in [0, 0.1) is 0 Å². The fraction of sp³-hybridized carbons (Fsp3) is 0.333. The molecule has 0 aromatic heterocycles. The second-order valence-corrected chi connectivity index (χ2v) is 0.781. The van der Waals surface area contributed by atoms with Gasteiger partial charge in [0.15, 0.2) is 0 Å². The average molecular weight is 101 g/mol. The zero-order valence-electron chi connectivity index (χ0n) is 3.84. The van der Waals surface area contributed by atoms with Crippen LogP contribution in [0.1, 0.15) is 0 Å². The van der Waals surface area contributed by atoms with Crippen LogP contribution in [0.25, 0.3) is 0 Å². The van der Waals surface area contributed by atoms with Gasteiger partial charge >= 0.3 is 0 Å². The first-order chi connectivity index (χ1) is 3.27. The van der Waals surface area contributed by atoms with Gasteiger partial charge in [-0.3, -0.25) is 10.5 Å². The lowest BCUT2D eigenvalue weighted by Gasteiger charge is -1.78. The van der Waals surface area contributed by atoms with Crippen molar-refractivity contribution in [1.82, 2.24) is 5.73 Å². The van der Waals surface area contributed by atoms with E-state index in [4.69, 9.17) is 5.73 Å².